The molecule has 5 nitrogen and oxygen atoms in total. The molecular weight excluding hydrogens is 280 g/mol. The monoisotopic (exact) mass is 296 g/mol. The molecule has 2 aromatic rings. The average Bonchev–Trinajstić information content (AvgIpc) is 2.85. The third-order valence-corrected chi connectivity index (χ3v) is 3.48. The fourth-order valence-corrected chi connectivity index (χ4v) is 2.41. The second-order valence-corrected chi connectivity index (χ2v) is 5.03. The molecule has 2 heterocycles. The summed E-state index contributed by atoms with van der Waals surface area (Å²) in [7, 11) is 0. The van der Waals surface area contributed by atoms with Crippen LogP contribution in [0.5, 0.6) is 5.75 Å². The maximum atomic E-state index is 12.1. The van der Waals surface area contributed by atoms with E-state index in [4.69, 9.17) is 9.47 Å². The summed E-state index contributed by atoms with van der Waals surface area (Å²) >= 11 is 0. The van der Waals surface area contributed by atoms with Crippen molar-refractivity contribution in [3.05, 3.63) is 59.4 Å². The minimum absolute atomic E-state index is 0.270. The van der Waals surface area contributed by atoms with Crippen LogP contribution in [-0.2, 0) is 10.5 Å². The van der Waals surface area contributed by atoms with E-state index in [0.29, 0.717) is 12.4 Å². The molecule has 0 N–H and O–H groups in total. The smallest absolute Gasteiger partial charge is 0.362 e. The third kappa shape index (κ3) is 2.63. The van der Waals surface area contributed by atoms with E-state index in [2.05, 4.69) is 9.98 Å². The van der Waals surface area contributed by atoms with Crippen molar-refractivity contribution in [2.24, 2.45) is 4.99 Å². The van der Waals surface area contributed by atoms with Gasteiger partial charge in [0.1, 0.15) is 11.4 Å². The van der Waals surface area contributed by atoms with Crippen LogP contribution in [0.1, 0.15) is 35.5 Å². The van der Waals surface area contributed by atoms with E-state index in [1.165, 1.54) is 0 Å². The number of aliphatic imine (C=N–C) groups is 1. The molecule has 1 aliphatic rings. The van der Waals surface area contributed by atoms with Gasteiger partial charge in [-0.2, -0.15) is 0 Å². The molecule has 1 aromatic heterocycles. The van der Waals surface area contributed by atoms with Gasteiger partial charge in [0.05, 0.1) is 0 Å². The zero-order chi connectivity index (χ0) is 15.6. The Morgan fingerprint density at radius 2 is 2.14 bits per heavy atom. The van der Waals surface area contributed by atoms with Crippen LogP contribution in [0, 0.1) is 0 Å². The van der Waals surface area contributed by atoms with Gasteiger partial charge in [-0.1, -0.05) is 6.07 Å². The normalized spacial score (nSPS) is 19.0. The molecule has 0 radical (unpaired) electrons. The molecule has 0 fully saturated rings. The van der Waals surface area contributed by atoms with Gasteiger partial charge in [0.25, 0.3) is 0 Å². The highest BCUT2D eigenvalue weighted by molar-refractivity contribution is 5.90. The Balaban J connectivity index is 1.85. The largest absolute Gasteiger partial charge is 0.422 e. The molecule has 0 bridgehead atoms. The number of nitrogens with zero attached hydrogens (tertiary/aromatic N) is 2. The van der Waals surface area contributed by atoms with E-state index in [1.54, 1.807) is 42.7 Å². The number of fused-ring (bicyclic) bond motifs is 1. The van der Waals surface area contributed by atoms with Gasteiger partial charge in [-0.15, -0.1) is 0 Å². The van der Waals surface area contributed by atoms with Crippen LogP contribution in [0.3, 0.4) is 0 Å². The Morgan fingerprint density at radius 3 is 2.86 bits per heavy atom. The minimum atomic E-state index is -0.725. The first kappa shape index (κ1) is 14.4. The maximum Gasteiger partial charge on any atom is 0.362 e. The highest BCUT2D eigenvalue weighted by Crippen LogP contribution is 2.36. The topological polar surface area (TPSA) is 60.8 Å². The van der Waals surface area contributed by atoms with Gasteiger partial charge in [-0.05, 0) is 44.2 Å². The predicted octanol–water partition coefficient (Wildman–Crippen LogP) is 2.94. The van der Waals surface area contributed by atoms with E-state index in [0.717, 1.165) is 11.1 Å². The van der Waals surface area contributed by atoms with Crippen LogP contribution in [0.2, 0.25) is 0 Å². The lowest BCUT2D eigenvalue weighted by Gasteiger charge is -2.22. The average molecular weight is 296 g/mol. The van der Waals surface area contributed by atoms with Crippen LogP contribution >= 0.6 is 0 Å². The van der Waals surface area contributed by atoms with Crippen molar-refractivity contribution >= 4 is 12.2 Å². The quantitative estimate of drug-likeness (QED) is 0.643. The van der Waals surface area contributed by atoms with Gasteiger partial charge >= 0.3 is 5.97 Å². The van der Waals surface area contributed by atoms with Gasteiger partial charge in [0.2, 0.25) is 0 Å². The number of pyridine rings is 1. The lowest BCUT2D eigenvalue weighted by atomic mass is 10.0. The zero-order valence-corrected chi connectivity index (χ0v) is 12.4. The van der Waals surface area contributed by atoms with Crippen molar-refractivity contribution in [2.45, 2.75) is 19.6 Å². The molecule has 1 aromatic carbocycles. The Kier molecular flexibility index (Phi) is 3.73. The summed E-state index contributed by atoms with van der Waals surface area (Å²) in [6.45, 7) is 4.36. The number of carbonyl (C=O) groups excluding carboxylic acids is 1. The van der Waals surface area contributed by atoms with Crippen LogP contribution in [-0.4, -0.2) is 23.8 Å². The standard InChI is InChI=1S/C17H16N2O3/c1-3-21-17(2)14-10-13(8-7-12(14)11-19-17)22-16(20)15-6-4-5-9-18-15/h4-11H,3H2,1-2H3. The summed E-state index contributed by atoms with van der Waals surface area (Å²) < 4.78 is 11.1. The van der Waals surface area contributed by atoms with E-state index in [1.807, 2.05) is 19.9 Å². The fourth-order valence-electron chi connectivity index (χ4n) is 2.41. The summed E-state index contributed by atoms with van der Waals surface area (Å²) in [4.78, 5) is 20.4. The molecule has 1 aliphatic heterocycles. The van der Waals surface area contributed by atoms with Gasteiger partial charge in [-0.25, -0.2) is 9.78 Å². The summed E-state index contributed by atoms with van der Waals surface area (Å²) in [5, 5.41) is 0. The molecule has 0 spiro atoms. The summed E-state index contributed by atoms with van der Waals surface area (Å²) in [6, 6.07) is 10.5. The molecule has 112 valence electrons. The van der Waals surface area contributed by atoms with Crippen molar-refractivity contribution in [1.29, 1.82) is 0 Å². The Hall–Kier alpha value is -2.53. The molecule has 3 rings (SSSR count). The van der Waals surface area contributed by atoms with E-state index < -0.39 is 11.7 Å². The molecule has 5 heteroatoms. The van der Waals surface area contributed by atoms with Crippen LogP contribution in [0.15, 0.2) is 47.6 Å². The highest BCUT2D eigenvalue weighted by Gasteiger charge is 2.32. The van der Waals surface area contributed by atoms with Crippen molar-refractivity contribution < 1.29 is 14.3 Å². The van der Waals surface area contributed by atoms with E-state index >= 15 is 0 Å². The maximum absolute atomic E-state index is 12.1. The molecule has 22 heavy (non-hydrogen) atoms. The number of ether oxygens (including phenoxy) is 2. The number of hydrogen-bond donors (Lipinski definition) is 0. The summed E-state index contributed by atoms with van der Waals surface area (Å²) in [5.41, 5.74) is 1.40. The Bertz CT molecular complexity index is 728. The predicted molar refractivity (Wildman–Crippen MR) is 82.2 cm³/mol. The molecular formula is C17H16N2O3. The molecule has 0 saturated carbocycles. The zero-order valence-electron chi connectivity index (χ0n) is 12.4. The van der Waals surface area contributed by atoms with Crippen molar-refractivity contribution in [3.8, 4) is 5.75 Å². The van der Waals surface area contributed by atoms with Gasteiger partial charge in [0.15, 0.2) is 5.72 Å². The Labute approximate surface area is 128 Å². The Morgan fingerprint density at radius 1 is 1.27 bits per heavy atom. The lowest BCUT2D eigenvalue weighted by Crippen LogP contribution is -2.21. The molecule has 1 unspecified atom stereocenters. The molecule has 0 amide bonds. The van der Waals surface area contributed by atoms with Gasteiger partial charge < -0.3 is 9.47 Å². The fraction of sp³-hybridized carbons (Fsp3) is 0.235. The van der Waals surface area contributed by atoms with Gasteiger partial charge in [-0.3, -0.25) is 4.99 Å². The van der Waals surface area contributed by atoms with Crippen molar-refractivity contribution in [2.75, 3.05) is 6.61 Å². The highest BCUT2D eigenvalue weighted by atomic mass is 16.5. The second kappa shape index (κ2) is 5.69. The number of carbonyl (C=O) groups is 1. The number of esters is 1. The number of rotatable bonds is 4. The first-order chi connectivity index (χ1) is 10.6. The summed E-state index contributed by atoms with van der Waals surface area (Å²) in [5.74, 6) is -0.0385. The summed E-state index contributed by atoms with van der Waals surface area (Å²) in [6.07, 6.45) is 3.33. The second-order valence-electron chi connectivity index (χ2n) is 5.03. The first-order valence-corrected chi connectivity index (χ1v) is 7.09. The molecule has 0 aliphatic carbocycles. The first-order valence-electron chi connectivity index (χ1n) is 7.09. The molecule has 0 saturated heterocycles. The van der Waals surface area contributed by atoms with Crippen molar-refractivity contribution in [1.82, 2.24) is 4.98 Å². The lowest BCUT2D eigenvalue weighted by molar-refractivity contribution is -0.0193. The third-order valence-electron chi connectivity index (χ3n) is 3.48. The SMILES string of the molecule is CCOC1(C)N=Cc2ccc(OC(=O)c3ccccn3)cc21. The van der Waals surface area contributed by atoms with Crippen LogP contribution in [0.4, 0.5) is 0 Å². The van der Waals surface area contributed by atoms with E-state index in [9.17, 15) is 4.79 Å². The van der Waals surface area contributed by atoms with E-state index in [-0.39, 0.29) is 5.69 Å². The van der Waals surface area contributed by atoms with Crippen LogP contribution in [0.25, 0.3) is 0 Å². The molecule has 1 atom stereocenters. The minimum Gasteiger partial charge on any atom is -0.422 e. The number of hydrogen-bond acceptors (Lipinski definition) is 5. The number of aromatic nitrogens is 1. The number of benzene rings is 1. The van der Waals surface area contributed by atoms with Crippen molar-refractivity contribution in [3.63, 3.8) is 0 Å². The van der Waals surface area contributed by atoms with Gasteiger partial charge in [0, 0.05) is 30.1 Å². The van der Waals surface area contributed by atoms with Crippen LogP contribution < -0.4 is 4.74 Å².